The van der Waals surface area contributed by atoms with E-state index < -0.39 is 17.2 Å². The molecule has 1 atom stereocenters. The molecule has 1 aromatic heterocycles. The number of nitrogens with zero attached hydrogens (tertiary/aromatic N) is 1. The standard InChI is InChI=1S/C13H11ClF2N2O/c1-13(19,8-3-2-4-10(15)11(8)16)9-5-7(14)6-18-12(9)17/h2-6,19H,1H3,(H2,17,18). The van der Waals surface area contributed by atoms with Gasteiger partial charge in [-0.25, -0.2) is 13.8 Å². The van der Waals surface area contributed by atoms with E-state index in [0.29, 0.717) is 0 Å². The normalized spacial score (nSPS) is 14.2. The summed E-state index contributed by atoms with van der Waals surface area (Å²) in [5, 5.41) is 10.7. The van der Waals surface area contributed by atoms with Crippen molar-refractivity contribution in [1.29, 1.82) is 0 Å². The van der Waals surface area contributed by atoms with E-state index in [4.69, 9.17) is 17.3 Å². The minimum Gasteiger partial charge on any atom is -0.383 e. The monoisotopic (exact) mass is 284 g/mol. The van der Waals surface area contributed by atoms with Crippen molar-refractivity contribution >= 4 is 17.4 Å². The fourth-order valence-electron chi connectivity index (χ4n) is 1.86. The second-order valence-electron chi connectivity index (χ2n) is 4.26. The molecule has 100 valence electrons. The molecule has 2 aromatic rings. The largest absolute Gasteiger partial charge is 0.383 e. The van der Waals surface area contributed by atoms with E-state index in [-0.39, 0.29) is 22.0 Å². The number of pyridine rings is 1. The van der Waals surface area contributed by atoms with E-state index >= 15 is 0 Å². The summed E-state index contributed by atoms with van der Waals surface area (Å²) in [4.78, 5) is 3.79. The molecule has 1 aromatic carbocycles. The predicted octanol–water partition coefficient (Wildman–Crippen LogP) is 2.85. The highest BCUT2D eigenvalue weighted by atomic mass is 35.5. The van der Waals surface area contributed by atoms with Crippen LogP contribution in [0.4, 0.5) is 14.6 Å². The number of rotatable bonds is 2. The van der Waals surface area contributed by atoms with Gasteiger partial charge in [0.15, 0.2) is 11.6 Å². The van der Waals surface area contributed by atoms with Crippen LogP contribution >= 0.6 is 11.6 Å². The summed E-state index contributed by atoms with van der Waals surface area (Å²) >= 11 is 5.78. The van der Waals surface area contributed by atoms with Crippen LogP contribution in [0.15, 0.2) is 30.5 Å². The van der Waals surface area contributed by atoms with Crippen molar-refractivity contribution in [3.63, 3.8) is 0 Å². The van der Waals surface area contributed by atoms with Gasteiger partial charge in [0, 0.05) is 17.3 Å². The number of nitrogens with two attached hydrogens (primary N) is 1. The molecular weight excluding hydrogens is 274 g/mol. The van der Waals surface area contributed by atoms with E-state index in [0.717, 1.165) is 6.07 Å². The lowest BCUT2D eigenvalue weighted by molar-refractivity contribution is 0.0975. The molecule has 1 heterocycles. The number of hydrogen-bond acceptors (Lipinski definition) is 3. The Morgan fingerprint density at radius 1 is 1.32 bits per heavy atom. The summed E-state index contributed by atoms with van der Waals surface area (Å²) in [6.45, 7) is 1.30. The Kier molecular flexibility index (Phi) is 3.43. The highest BCUT2D eigenvalue weighted by Crippen LogP contribution is 2.35. The third-order valence-electron chi connectivity index (χ3n) is 2.89. The maximum absolute atomic E-state index is 13.8. The Hall–Kier alpha value is -1.72. The van der Waals surface area contributed by atoms with Gasteiger partial charge in [-0.3, -0.25) is 0 Å². The molecule has 0 aliphatic heterocycles. The SMILES string of the molecule is CC(O)(c1cc(Cl)cnc1N)c1cccc(F)c1F. The zero-order valence-electron chi connectivity index (χ0n) is 9.99. The summed E-state index contributed by atoms with van der Waals surface area (Å²) in [6.07, 6.45) is 1.30. The highest BCUT2D eigenvalue weighted by molar-refractivity contribution is 6.30. The maximum Gasteiger partial charge on any atom is 0.165 e. The molecule has 3 nitrogen and oxygen atoms in total. The maximum atomic E-state index is 13.8. The van der Waals surface area contributed by atoms with Crippen molar-refractivity contribution in [1.82, 2.24) is 4.98 Å². The van der Waals surface area contributed by atoms with Gasteiger partial charge in [0.2, 0.25) is 0 Å². The fourth-order valence-corrected chi connectivity index (χ4v) is 2.02. The number of hydrogen-bond donors (Lipinski definition) is 2. The molecule has 0 saturated carbocycles. The van der Waals surface area contributed by atoms with E-state index in [2.05, 4.69) is 4.98 Å². The van der Waals surface area contributed by atoms with Gasteiger partial charge in [-0.2, -0.15) is 0 Å². The highest BCUT2D eigenvalue weighted by Gasteiger charge is 2.32. The first-order valence-corrected chi connectivity index (χ1v) is 5.80. The van der Waals surface area contributed by atoms with Crippen molar-refractivity contribution in [3.8, 4) is 0 Å². The molecule has 0 bridgehead atoms. The quantitative estimate of drug-likeness (QED) is 0.891. The summed E-state index contributed by atoms with van der Waals surface area (Å²) in [6, 6.07) is 4.91. The smallest absolute Gasteiger partial charge is 0.165 e. The van der Waals surface area contributed by atoms with Crippen LogP contribution in [-0.4, -0.2) is 10.1 Å². The lowest BCUT2D eigenvalue weighted by Gasteiger charge is -2.26. The summed E-state index contributed by atoms with van der Waals surface area (Å²) in [5.41, 5.74) is 3.70. The molecule has 0 spiro atoms. The third-order valence-corrected chi connectivity index (χ3v) is 3.09. The zero-order chi connectivity index (χ0) is 14.2. The van der Waals surface area contributed by atoms with Crippen molar-refractivity contribution in [2.45, 2.75) is 12.5 Å². The number of aromatic nitrogens is 1. The Balaban J connectivity index is 2.65. The molecule has 1 unspecified atom stereocenters. The van der Waals surface area contributed by atoms with Crippen molar-refractivity contribution in [3.05, 3.63) is 58.2 Å². The minimum atomic E-state index is -1.84. The lowest BCUT2D eigenvalue weighted by Crippen LogP contribution is -2.26. The molecule has 0 fully saturated rings. The van der Waals surface area contributed by atoms with Crippen LogP contribution in [0, 0.1) is 11.6 Å². The van der Waals surface area contributed by atoms with Crippen LogP contribution in [0.25, 0.3) is 0 Å². The molecular formula is C13H11ClF2N2O. The molecule has 0 aliphatic carbocycles. The number of anilines is 1. The average Bonchev–Trinajstić information content (AvgIpc) is 2.35. The number of aliphatic hydroxyl groups is 1. The average molecular weight is 285 g/mol. The van der Waals surface area contributed by atoms with Gasteiger partial charge in [-0.15, -0.1) is 0 Å². The molecule has 19 heavy (non-hydrogen) atoms. The second kappa shape index (κ2) is 4.75. The fraction of sp³-hybridized carbons (Fsp3) is 0.154. The number of halogens is 3. The summed E-state index contributed by atoms with van der Waals surface area (Å²) in [7, 11) is 0. The molecule has 0 saturated heterocycles. The van der Waals surface area contributed by atoms with Gasteiger partial charge in [0.05, 0.1) is 5.02 Å². The van der Waals surface area contributed by atoms with Gasteiger partial charge in [0.25, 0.3) is 0 Å². The molecule has 0 amide bonds. The van der Waals surface area contributed by atoms with Gasteiger partial charge in [0.1, 0.15) is 11.4 Å². The van der Waals surface area contributed by atoms with Crippen molar-refractivity contribution < 1.29 is 13.9 Å². The van der Waals surface area contributed by atoms with Gasteiger partial charge in [-0.1, -0.05) is 23.7 Å². The minimum absolute atomic E-state index is 0.00180. The lowest BCUT2D eigenvalue weighted by atomic mass is 9.88. The molecule has 6 heteroatoms. The van der Waals surface area contributed by atoms with E-state index in [1.165, 1.54) is 31.3 Å². The van der Waals surface area contributed by atoms with Gasteiger partial charge < -0.3 is 10.8 Å². The zero-order valence-corrected chi connectivity index (χ0v) is 10.7. The van der Waals surface area contributed by atoms with Crippen molar-refractivity contribution in [2.24, 2.45) is 0 Å². The van der Waals surface area contributed by atoms with Crippen molar-refractivity contribution in [2.75, 3.05) is 5.73 Å². The predicted molar refractivity (Wildman–Crippen MR) is 68.7 cm³/mol. The Morgan fingerprint density at radius 3 is 2.68 bits per heavy atom. The third kappa shape index (κ3) is 2.39. The van der Waals surface area contributed by atoms with Crippen LogP contribution in [0.1, 0.15) is 18.1 Å². The number of nitrogen functional groups attached to an aromatic ring is 1. The first-order valence-electron chi connectivity index (χ1n) is 5.42. The van der Waals surface area contributed by atoms with E-state index in [1.54, 1.807) is 0 Å². The Labute approximate surface area is 113 Å². The first kappa shape index (κ1) is 13.7. The van der Waals surface area contributed by atoms with Crippen LogP contribution in [-0.2, 0) is 5.60 Å². The van der Waals surface area contributed by atoms with Crippen LogP contribution in [0.5, 0.6) is 0 Å². The van der Waals surface area contributed by atoms with Crippen LogP contribution < -0.4 is 5.73 Å². The summed E-state index contributed by atoms with van der Waals surface area (Å²) < 4.78 is 27.0. The van der Waals surface area contributed by atoms with Gasteiger partial charge >= 0.3 is 0 Å². The van der Waals surface area contributed by atoms with Crippen LogP contribution in [0.3, 0.4) is 0 Å². The number of benzene rings is 1. The Bertz CT molecular complexity index is 628. The van der Waals surface area contributed by atoms with E-state index in [1.807, 2.05) is 0 Å². The first-order chi connectivity index (χ1) is 8.84. The van der Waals surface area contributed by atoms with Gasteiger partial charge in [-0.05, 0) is 19.1 Å². The molecule has 0 aliphatic rings. The van der Waals surface area contributed by atoms with Crippen LogP contribution in [0.2, 0.25) is 5.02 Å². The molecule has 3 N–H and O–H groups in total. The topological polar surface area (TPSA) is 59.1 Å². The second-order valence-corrected chi connectivity index (χ2v) is 4.70. The molecule has 2 rings (SSSR count). The summed E-state index contributed by atoms with van der Waals surface area (Å²) in [5.74, 6) is -2.18. The van der Waals surface area contributed by atoms with E-state index in [9.17, 15) is 13.9 Å². The molecule has 0 radical (unpaired) electrons. The Morgan fingerprint density at radius 2 is 2.00 bits per heavy atom.